The second kappa shape index (κ2) is 2.50. The zero-order chi connectivity index (χ0) is 8.55. The first-order chi connectivity index (χ1) is 5.75. The molecule has 0 saturated heterocycles. The fraction of sp³-hybridized carbons (Fsp3) is 0. The average molecular weight is 159 g/mol. The Kier molecular flexibility index (Phi) is 1.48. The molecule has 0 fully saturated rings. The summed E-state index contributed by atoms with van der Waals surface area (Å²) in [6, 6.07) is 12.0. The fourth-order valence-electron chi connectivity index (χ4n) is 1.31. The summed E-state index contributed by atoms with van der Waals surface area (Å²) in [5, 5.41) is 2.36. The van der Waals surface area contributed by atoms with E-state index in [-0.39, 0.29) is 0 Å². The topological polar surface area (TPSA) is 53.7 Å². The van der Waals surface area contributed by atoms with Crippen molar-refractivity contribution in [1.29, 1.82) is 0 Å². The van der Waals surface area contributed by atoms with Gasteiger partial charge in [0.25, 0.3) is 0 Å². The van der Waals surface area contributed by atoms with Gasteiger partial charge in [-0.25, -0.2) is 0 Å². The quantitative estimate of drug-likeness (QED) is 0.559. The van der Waals surface area contributed by atoms with Gasteiger partial charge >= 0.3 is 0 Å². The number of nitrogen functional groups attached to an aromatic ring is 1. The summed E-state index contributed by atoms with van der Waals surface area (Å²) < 4.78 is 0. The molecule has 0 aliphatic rings. The lowest BCUT2D eigenvalue weighted by Gasteiger charge is -1.98. The number of quaternary nitrogens is 1. The molecule has 0 aliphatic carbocycles. The van der Waals surface area contributed by atoms with Crippen molar-refractivity contribution in [1.82, 2.24) is 0 Å². The maximum absolute atomic E-state index is 5.65. The summed E-state index contributed by atoms with van der Waals surface area (Å²) in [5.41, 5.74) is 11.3. The van der Waals surface area contributed by atoms with Crippen LogP contribution in [0.5, 0.6) is 0 Å². The molecule has 0 heterocycles. The van der Waals surface area contributed by atoms with Crippen molar-refractivity contribution in [3.63, 3.8) is 0 Å². The van der Waals surface area contributed by atoms with Gasteiger partial charge in [-0.15, -0.1) is 0 Å². The van der Waals surface area contributed by atoms with Gasteiger partial charge in [-0.05, 0) is 35.0 Å². The zero-order valence-corrected chi connectivity index (χ0v) is 6.75. The largest absolute Gasteiger partial charge is 0.399 e. The van der Waals surface area contributed by atoms with Crippen LogP contribution in [0, 0.1) is 0 Å². The van der Waals surface area contributed by atoms with Crippen molar-refractivity contribution in [3.05, 3.63) is 36.4 Å². The molecule has 0 saturated carbocycles. The highest BCUT2D eigenvalue weighted by atomic mass is 14.5. The van der Waals surface area contributed by atoms with Gasteiger partial charge in [0.15, 0.2) is 0 Å². The Morgan fingerprint density at radius 1 is 0.917 bits per heavy atom. The number of hydrogen-bond donors (Lipinski definition) is 2. The monoisotopic (exact) mass is 159 g/mol. The van der Waals surface area contributed by atoms with Crippen LogP contribution in [0.3, 0.4) is 0 Å². The number of hydrogen-bond acceptors (Lipinski definition) is 1. The Morgan fingerprint density at radius 2 is 1.58 bits per heavy atom. The molecule has 0 atom stereocenters. The highest BCUT2D eigenvalue weighted by Crippen LogP contribution is 2.18. The molecule has 0 spiro atoms. The number of benzene rings is 2. The molecular weight excluding hydrogens is 148 g/mol. The summed E-state index contributed by atoms with van der Waals surface area (Å²) in [6.45, 7) is 0. The van der Waals surface area contributed by atoms with Crippen molar-refractivity contribution in [2.24, 2.45) is 0 Å². The predicted octanol–water partition coefficient (Wildman–Crippen LogP) is 1.30. The zero-order valence-electron chi connectivity index (χ0n) is 6.75. The van der Waals surface area contributed by atoms with Crippen molar-refractivity contribution in [2.45, 2.75) is 0 Å². The fourth-order valence-corrected chi connectivity index (χ4v) is 1.31. The van der Waals surface area contributed by atoms with E-state index in [1.807, 2.05) is 30.3 Å². The van der Waals surface area contributed by atoms with Crippen LogP contribution in [0.2, 0.25) is 0 Å². The highest BCUT2D eigenvalue weighted by Gasteiger charge is 1.95. The maximum Gasteiger partial charge on any atom is 0.128 e. The van der Waals surface area contributed by atoms with E-state index >= 15 is 0 Å². The number of nitrogens with two attached hydrogens (primary N) is 1. The van der Waals surface area contributed by atoms with Crippen molar-refractivity contribution in [2.75, 3.05) is 5.73 Å². The van der Waals surface area contributed by atoms with Crippen LogP contribution in [0.25, 0.3) is 10.8 Å². The van der Waals surface area contributed by atoms with Crippen LogP contribution in [-0.4, -0.2) is 0 Å². The third kappa shape index (κ3) is 1.12. The molecule has 60 valence electrons. The van der Waals surface area contributed by atoms with E-state index in [2.05, 4.69) is 11.8 Å². The van der Waals surface area contributed by atoms with E-state index in [4.69, 9.17) is 5.73 Å². The van der Waals surface area contributed by atoms with Gasteiger partial charge in [0.2, 0.25) is 0 Å². The minimum atomic E-state index is 0.805. The average Bonchev–Trinajstić information content (AvgIpc) is 2.05. The summed E-state index contributed by atoms with van der Waals surface area (Å²) >= 11 is 0. The summed E-state index contributed by atoms with van der Waals surface area (Å²) in [5.74, 6) is 0. The van der Waals surface area contributed by atoms with Gasteiger partial charge in [0.05, 0.1) is 0 Å². The van der Waals surface area contributed by atoms with E-state index in [0.29, 0.717) is 0 Å². The second-order valence-electron chi connectivity index (χ2n) is 2.94. The lowest BCUT2D eigenvalue weighted by atomic mass is 10.1. The SMILES string of the molecule is Nc1ccc2cc([NH3+])ccc2c1. The first-order valence-corrected chi connectivity index (χ1v) is 3.87. The third-order valence-electron chi connectivity index (χ3n) is 1.93. The molecule has 2 rings (SSSR count). The molecule has 12 heavy (non-hydrogen) atoms. The van der Waals surface area contributed by atoms with Crippen LogP contribution in [-0.2, 0) is 0 Å². The smallest absolute Gasteiger partial charge is 0.128 e. The Morgan fingerprint density at radius 3 is 2.42 bits per heavy atom. The molecule has 0 aromatic heterocycles. The number of rotatable bonds is 0. The van der Waals surface area contributed by atoms with Crippen LogP contribution < -0.4 is 11.5 Å². The van der Waals surface area contributed by atoms with Crippen LogP contribution in [0.4, 0.5) is 11.4 Å². The second-order valence-corrected chi connectivity index (χ2v) is 2.94. The molecule has 0 unspecified atom stereocenters. The van der Waals surface area contributed by atoms with E-state index in [9.17, 15) is 0 Å². The Hall–Kier alpha value is -1.54. The standard InChI is InChI=1S/C10H10N2/c11-9-3-1-7-5-10(12)4-2-8(7)6-9/h1-6H,11-12H2/p+1. The van der Waals surface area contributed by atoms with E-state index in [1.165, 1.54) is 10.8 Å². The molecule has 0 radical (unpaired) electrons. The van der Waals surface area contributed by atoms with E-state index in [1.54, 1.807) is 0 Å². The summed E-state index contributed by atoms with van der Waals surface area (Å²) in [7, 11) is 0. The molecule has 5 N–H and O–H groups in total. The molecule has 2 aromatic rings. The Balaban J connectivity index is 2.79. The van der Waals surface area contributed by atoms with Crippen molar-refractivity contribution < 1.29 is 5.73 Å². The summed E-state index contributed by atoms with van der Waals surface area (Å²) in [4.78, 5) is 0. The normalized spacial score (nSPS) is 10.4. The first-order valence-electron chi connectivity index (χ1n) is 3.87. The van der Waals surface area contributed by atoms with Gasteiger partial charge in [-0.2, -0.15) is 0 Å². The van der Waals surface area contributed by atoms with Gasteiger partial charge in [-0.3, -0.25) is 0 Å². The molecule has 0 amide bonds. The Labute approximate surface area is 70.8 Å². The van der Waals surface area contributed by atoms with Gasteiger partial charge in [0, 0.05) is 11.8 Å². The molecule has 2 aromatic carbocycles. The highest BCUT2D eigenvalue weighted by molar-refractivity contribution is 5.87. The lowest BCUT2D eigenvalue weighted by Crippen LogP contribution is -2.39. The summed E-state index contributed by atoms with van der Waals surface area (Å²) in [6.07, 6.45) is 0. The van der Waals surface area contributed by atoms with Gasteiger partial charge in [0.1, 0.15) is 5.69 Å². The van der Waals surface area contributed by atoms with E-state index in [0.717, 1.165) is 11.4 Å². The van der Waals surface area contributed by atoms with Crippen molar-refractivity contribution in [3.8, 4) is 0 Å². The van der Waals surface area contributed by atoms with Crippen LogP contribution >= 0.6 is 0 Å². The van der Waals surface area contributed by atoms with Crippen LogP contribution in [0.1, 0.15) is 0 Å². The lowest BCUT2D eigenvalue weighted by molar-refractivity contribution is -0.254. The predicted molar refractivity (Wildman–Crippen MR) is 50.9 cm³/mol. The molecule has 0 bridgehead atoms. The van der Waals surface area contributed by atoms with E-state index < -0.39 is 0 Å². The third-order valence-corrected chi connectivity index (χ3v) is 1.93. The molecule has 2 nitrogen and oxygen atoms in total. The number of fused-ring (bicyclic) bond motifs is 1. The first kappa shape index (κ1) is 7.13. The molecule has 2 heteroatoms. The molecule has 0 aliphatic heterocycles. The van der Waals surface area contributed by atoms with Gasteiger partial charge < -0.3 is 11.5 Å². The Bertz CT molecular complexity index is 380. The minimum absolute atomic E-state index is 0.805. The number of anilines is 1. The van der Waals surface area contributed by atoms with Crippen LogP contribution in [0.15, 0.2) is 36.4 Å². The minimum Gasteiger partial charge on any atom is -0.399 e. The van der Waals surface area contributed by atoms with Crippen molar-refractivity contribution >= 4 is 22.1 Å². The maximum atomic E-state index is 5.65. The van der Waals surface area contributed by atoms with Gasteiger partial charge in [-0.1, -0.05) is 6.07 Å². The molecular formula is C10H11N2+.